The fourth-order valence-corrected chi connectivity index (χ4v) is 3.07. The molecule has 3 heterocycles. The van der Waals surface area contributed by atoms with E-state index in [0.29, 0.717) is 16.7 Å². The minimum Gasteiger partial charge on any atom is -0.358 e. The fourth-order valence-electron chi connectivity index (χ4n) is 2.36. The van der Waals surface area contributed by atoms with E-state index >= 15 is 0 Å². The van der Waals surface area contributed by atoms with Gasteiger partial charge in [0.05, 0.1) is 0 Å². The lowest BCUT2D eigenvalue weighted by Gasteiger charge is -2.29. The van der Waals surface area contributed by atoms with Crippen molar-refractivity contribution >= 4 is 27.9 Å². The van der Waals surface area contributed by atoms with Crippen molar-refractivity contribution in [1.29, 1.82) is 0 Å². The monoisotopic (exact) mass is 266 g/mol. The molecule has 0 N–H and O–H groups in total. The Balaban J connectivity index is 2.02. The smallest absolute Gasteiger partial charge is 0.358 e. The van der Waals surface area contributed by atoms with Gasteiger partial charge in [-0.05, 0) is 23.7 Å². The van der Waals surface area contributed by atoms with Gasteiger partial charge in [0, 0.05) is 18.5 Å². The lowest BCUT2D eigenvalue weighted by molar-refractivity contribution is -0.389. The van der Waals surface area contributed by atoms with Crippen molar-refractivity contribution in [3.8, 4) is 0 Å². The molecule has 6 nitrogen and oxygen atoms in total. The molecule has 0 spiro atoms. The van der Waals surface area contributed by atoms with Crippen LogP contribution in [0.2, 0.25) is 0 Å². The summed E-state index contributed by atoms with van der Waals surface area (Å²) in [4.78, 5) is 18.0. The van der Waals surface area contributed by atoms with Crippen LogP contribution in [-0.4, -0.2) is 27.4 Å². The SMILES string of the molecule is CC1CCN(c2nc3sccn3c2[N+](=O)[O-])CC1. The summed E-state index contributed by atoms with van der Waals surface area (Å²) >= 11 is 1.43. The Morgan fingerprint density at radius 3 is 2.89 bits per heavy atom. The maximum Gasteiger partial charge on any atom is 0.373 e. The highest BCUT2D eigenvalue weighted by atomic mass is 32.1. The third-order valence-electron chi connectivity index (χ3n) is 3.48. The summed E-state index contributed by atoms with van der Waals surface area (Å²) < 4.78 is 1.57. The Kier molecular flexibility index (Phi) is 2.70. The van der Waals surface area contributed by atoms with Crippen molar-refractivity contribution in [3.63, 3.8) is 0 Å². The van der Waals surface area contributed by atoms with Crippen LogP contribution in [0.25, 0.3) is 4.96 Å². The molecule has 0 bridgehead atoms. The first-order valence-corrected chi connectivity index (χ1v) is 6.89. The number of anilines is 1. The molecule has 0 amide bonds. The number of hydrogen-bond acceptors (Lipinski definition) is 5. The first-order valence-electron chi connectivity index (χ1n) is 6.01. The summed E-state index contributed by atoms with van der Waals surface area (Å²) in [7, 11) is 0. The van der Waals surface area contributed by atoms with Crippen molar-refractivity contribution in [1.82, 2.24) is 9.38 Å². The van der Waals surface area contributed by atoms with Gasteiger partial charge in [-0.3, -0.25) is 0 Å². The van der Waals surface area contributed by atoms with Crippen molar-refractivity contribution in [2.75, 3.05) is 18.0 Å². The lowest BCUT2D eigenvalue weighted by Crippen LogP contribution is -2.33. The summed E-state index contributed by atoms with van der Waals surface area (Å²) in [6.45, 7) is 3.93. The third-order valence-corrected chi connectivity index (χ3v) is 4.23. The van der Waals surface area contributed by atoms with Crippen LogP contribution in [-0.2, 0) is 0 Å². The highest BCUT2D eigenvalue weighted by Crippen LogP contribution is 2.33. The Morgan fingerprint density at radius 1 is 1.50 bits per heavy atom. The van der Waals surface area contributed by atoms with E-state index in [4.69, 9.17) is 0 Å². The summed E-state index contributed by atoms with van der Waals surface area (Å²) in [5, 5.41) is 13.0. The number of rotatable bonds is 2. The predicted octanol–water partition coefficient (Wildman–Crippen LogP) is 2.54. The third kappa shape index (κ3) is 1.74. The molecule has 7 heteroatoms. The van der Waals surface area contributed by atoms with E-state index in [2.05, 4.69) is 11.9 Å². The maximum atomic E-state index is 11.2. The Morgan fingerprint density at radius 2 is 2.22 bits per heavy atom. The molecule has 0 saturated carbocycles. The van der Waals surface area contributed by atoms with Gasteiger partial charge in [-0.15, -0.1) is 0 Å². The van der Waals surface area contributed by atoms with Crippen LogP contribution in [0, 0.1) is 16.0 Å². The van der Waals surface area contributed by atoms with Gasteiger partial charge < -0.3 is 15.0 Å². The van der Waals surface area contributed by atoms with Gasteiger partial charge >= 0.3 is 5.82 Å². The van der Waals surface area contributed by atoms with Crippen molar-refractivity contribution in [2.45, 2.75) is 19.8 Å². The van der Waals surface area contributed by atoms with E-state index in [1.54, 1.807) is 10.6 Å². The van der Waals surface area contributed by atoms with Crippen LogP contribution in [0.3, 0.4) is 0 Å². The van der Waals surface area contributed by atoms with Gasteiger partial charge in [0.2, 0.25) is 5.82 Å². The molecule has 0 radical (unpaired) electrons. The largest absolute Gasteiger partial charge is 0.373 e. The van der Waals surface area contributed by atoms with Gasteiger partial charge in [0.15, 0.2) is 0 Å². The summed E-state index contributed by atoms with van der Waals surface area (Å²) in [6.07, 6.45) is 3.85. The zero-order valence-electron chi connectivity index (χ0n) is 10.1. The van der Waals surface area contributed by atoms with Gasteiger partial charge in [-0.1, -0.05) is 18.3 Å². The summed E-state index contributed by atoms with van der Waals surface area (Å²) in [5.41, 5.74) is 0. The second-order valence-electron chi connectivity index (χ2n) is 4.74. The minimum absolute atomic E-state index is 0.0980. The molecular formula is C11H14N4O2S. The molecule has 1 aliphatic heterocycles. The topological polar surface area (TPSA) is 63.7 Å². The van der Waals surface area contributed by atoms with Crippen molar-refractivity contribution in [2.24, 2.45) is 5.92 Å². The summed E-state index contributed by atoms with van der Waals surface area (Å²) in [5.74, 6) is 1.32. The number of hydrogen-bond donors (Lipinski definition) is 0. The average molecular weight is 266 g/mol. The first kappa shape index (κ1) is 11.5. The Bertz CT molecular complexity index is 583. The van der Waals surface area contributed by atoms with Gasteiger partial charge in [0.25, 0.3) is 4.96 Å². The molecule has 1 aliphatic rings. The zero-order valence-corrected chi connectivity index (χ0v) is 10.9. The van der Waals surface area contributed by atoms with Gasteiger partial charge in [-0.2, -0.15) is 9.38 Å². The van der Waals surface area contributed by atoms with E-state index < -0.39 is 0 Å². The molecule has 1 fully saturated rings. The molecule has 0 aromatic carbocycles. The molecule has 2 aromatic heterocycles. The quantitative estimate of drug-likeness (QED) is 0.619. The molecule has 1 saturated heterocycles. The number of nitro groups is 1. The van der Waals surface area contributed by atoms with Crippen molar-refractivity contribution in [3.05, 3.63) is 21.7 Å². The van der Waals surface area contributed by atoms with Crippen LogP contribution < -0.4 is 4.90 Å². The van der Waals surface area contributed by atoms with E-state index in [9.17, 15) is 10.1 Å². The van der Waals surface area contributed by atoms with E-state index in [0.717, 1.165) is 25.9 Å². The number of nitrogens with zero attached hydrogens (tertiary/aromatic N) is 4. The number of piperidine rings is 1. The second kappa shape index (κ2) is 4.24. The molecule has 96 valence electrons. The number of fused-ring (bicyclic) bond motifs is 1. The van der Waals surface area contributed by atoms with Crippen molar-refractivity contribution < 1.29 is 4.92 Å². The van der Waals surface area contributed by atoms with Crippen LogP contribution >= 0.6 is 11.3 Å². The first-order chi connectivity index (χ1) is 8.66. The Hall–Kier alpha value is -1.63. The molecule has 0 atom stereocenters. The molecular weight excluding hydrogens is 252 g/mol. The van der Waals surface area contributed by atoms with E-state index in [1.807, 2.05) is 10.3 Å². The highest BCUT2D eigenvalue weighted by Gasteiger charge is 2.29. The fraction of sp³-hybridized carbons (Fsp3) is 0.545. The molecule has 0 unspecified atom stereocenters. The predicted molar refractivity (Wildman–Crippen MR) is 70.3 cm³/mol. The molecule has 18 heavy (non-hydrogen) atoms. The second-order valence-corrected chi connectivity index (χ2v) is 5.61. The van der Waals surface area contributed by atoms with Crippen LogP contribution in [0.5, 0.6) is 0 Å². The van der Waals surface area contributed by atoms with Gasteiger partial charge in [0.1, 0.15) is 6.20 Å². The van der Waals surface area contributed by atoms with Crippen LogP contribution in [0.15, 0.2) is 11.6 Å². The molecule has 0 aliphatic carbocycles. The zero-order chi connectivity index (χ0) is 12.7. The number of thiazole rings is 1. The van der Waals surface area contributed by atoms with E-state index in [-0.39, 0.29) is 10.7 Å². The molecule has 3 rings (SSSR count). The average Bonchev–Trinajstić information content (AvgIpc) is 2.88. The van der Waals surface area contributed by atoms with Crippen LogP contribution in [0.4, 0.5) is 11.6 Å². The number of aromatic nitrogens is 2. The van der Waals surface area contributed by atoms with Gasteiger partial charge in [-0.25, -0.2) is 0 Å². The minimum atomic E-state index is -0.333. The standard InChI is InChI=1S/C11H14N4O2S/c1-8-2-4-13(5-3-8)9-10(15(16)17)14-6-7-18-11(14)12-9/h6-8H,2-5H2,1H3. The molecule has 2 aromatic rings. The number of imidazole rings is 1. The normalized spacial score (nSPS) is 17.5. The lowest BCUT2D eigenvalue weighted by atomic mass is 9.99. The van der Waals surface area contributed by atoms with E-state index in [1.165, 1.54) is 11.3 Å². The Labute approximate surface area is 108 Å². The maximum absolute atomic E-state index is 11.2. The highest BCUT2D eigenvalue weighted by molar-refractivity contribution is 7.15. The summed E-state index contributed by atoms with van der Waals surface area (Å²) in [6, 6.07) is 0. The van der Waals surface area contributed by atoms with Crippen LogP contribution in [0.1, 0.15) is 19.8 Å².